The standard InChI is InChI=1S/C13H23N5O6S2/c1-5(13(23)24)16-11(21)7(3-25)18-12(22)8(4-26)17-10(20)6(14)2-9(15)19/h5-8,25-26H,2-4,14H2,1H3,(H2,15,19)(H,16,21)(H,17,20)(H,18,22)(H,23,24). The highest BCUT2D eigenvalue weighted by molar-refractivity contribution is 7.80. The molecule has 148 valence electrons. The Bertz CT molecular complexity index is 561. The first-order valence-electron chi connectivity index (χ1n) is 7.43. The Hall–Kier alpha value is -1.99. The second-order valence-electron chi connectivity index (χ2n) is 5.33. The van der Waals surface area contributed by atoms with Crippen molar-refractivity contribution in [3.05, 3.63) is 0 Å². The normalized spacial score (nSPS) is 15.1. The molecule has 11 nitrogen and oxygen atoms in total. The quantitative estimate of drug-likeness (QED) is 0.163. The van der Waals surface area contributed by atoms with Gasteiger partial charge < -0.3 is 32.5 Å². The topological polar surface area (TPSA) is 194 Å². The molecule has 0 spiro atoms. The van der Waals surface area contributed by atoms with Crippen LogP contribution in [0.2, 0.25) is 0 Å². The minimum atomic E-state index is -1.24. The summed E-state index contributed by atoms with van der Waals surface area (Å²) in [7, 11) is 0. The van der Waals surface area contributed by atoms with E-state index in [9.17, 15) is 24.0 Å². The third kappa shape index (κ3) is 8.40. The van der Waals surface area contributed by atoms with Crippen molar-refractivity contribution < 1.29 is 29.1 Å². The minimum Gasteiger partial charge on any atom is -0.480 e. The van der Waals surface area contributed by atoms with Gasteiger partial charge in [-0.25, -0.2) is 0 Å². The predicted octanol–water partition coefficient (Wildman–Crippen LogP) is -3.39. The number of carbonyl (C=O) groups is 5. The Morgan fingerprint density at radius 1 is 0.923 bits per heavy atom. The van der Waals surface area contributed by atoms with Crippen molar-refractivity contribution in [3.63, 3.8) is 0 Å². The number of hydrogen-bond acceptors (Lipinski definition) is 8. The van der Waals surface area contributed by atoms with Gasteiger partial charge in [0, 0.05) is 11.5 Å². The molecule has 0 saturated heterocycles. The van der Waals surface area contributed by atoms with Gasteiger partial charge in [0.1, 0.15) is 18.1 Å². The number of rotatable bonds is 11. The number of thiol groups is 2. The van der Waals surface area contributed by atoms with E-state index in [1.54, 1.807) is 0 Å². The zero-order valence-corrected chi connectivity index (χ0v) is 15.8. The van der Waals surface area contributed by atoms with Gasteiger partial charge >= 0.3 is 5.97 Å². The number of aliphatic carboxylic acids is 1. The van der Waals surface area contributed by atoms with Crippen LogP contribution in [0.1, 0.15) is 13.3 Å². The van der Waals surface area contributed by atoms with E-state index in [0.717, 1.165) is 0 Å². The summed E-state index contributed by atoms with van der Waals surface area (Å²) in [5.41, 5.74) is 10.4. The Labute approximate surface area is 160 Å². The largest absolute Gasteiger partial charge is 0.480 e. The summed E-state index contributed by atoms with van der Waals surface area (Å²) in [5.74, 6) is -4.55. The Kier molecular flexibility index (Phi) is 10.7. The van der Waals surface area contributed by atoms with E-state index in [4.69, 9.17) is 16.6 Å². The number of amides is 4. The van der Waals surface area contributed by atoms with Crippen LogP contribution >= 0.6 is 25.3 Å². The number of carboxylic acids is 1. The summed E-state index contributed by atoms with van der Waals surface area (Å²) >= 11 is 7.89. The van der Waals surface area contributed by atoms with Gasteiger partial charge in [-0.2, -0.15) is 25.3 Å². The maximum absolute atomic E-state index is 12.2. The van der Waals surface area contributed by atoms with Crippen molar-refractivity contribution in [2.75, 3.05) is 11.5 Å². The minimum absolute atomic E-state index is 0.113. The summed E-state index contributed by atoms with van der Waals surface area (Å²) in [6, 6.07) is -4.67. The third-order valence-electron chi connectivity index (χ3n) is 3.12. The predicted molar refractivity (Wildman–Crippen MR) is 98.6 cm³/mol. The number of carbonyl (C=O) groups excluding carboxylic acids is 4. The lowest BCUT2D eigenvalue weighted by molar-refractivity contribution is -0.141. The van der Waals surface area contributed by atoms with Gasteiger partial charge in [-0.1, -0.05) is 0 Å². The van der Waals surface area contributed by atoms with E-state index in [0.29, 0.717) is 0 Å². The van der Waals surface area contributed by atoms with Gasteiger partial charge in [0.25, 0.3) is 0 Å². The second kappa shape index (κ2) is 11.6. The van der Waals surface area contributed by atoms with Crippen molar-refractivity contribution >= 4 is 54.9 Å². The van der Waals surface area contributed by atoms with E-state index in [-0.39, 0.29) is 11.5 Å². The first-order chi connectivity index (χ1) is 12.0. The number of hydrogen-bond donors (Lipinski definition) is 8. The van der Waals surface area contributed by atoms with Gasteiger partial charge in [0.2, 0.25) is 23.6 Å². The van der Waals surface area contributed by atoms with Gasteiger partial charge in [-0.15, -0.1) is 0 Å². The summed E-state index contributed by atoms with van der Waals surface area (Å²) in [6.45, 7) is 1.26. The first-order valence-corrected chi connectivity index (χ1v) is 8.69. The van der Waals surface area contributed by atoms with Crippen molar-refractivity contribution in [2.24, 2.45) is 11.5 Å². The van der Waals surface area contributed by atoms with Crippen LogP contribution in [-0.2, 0) is 24.0 Å². The molecule has 4 unspecified atom stereocenters. The lowest BCUT2D eigenvalue weighted by Crippen LogP contribution is -2.58. The Balaban J connectivity index is 4.84. The zero-order valence-electron chi connectivity index (χ0n) is 14.0. The Morgan fingerprint density at radius 3 is 1.73 bits per heavy atom. The molecule has 4 amide bonds. The average molecular weight is 409 g/mol. The van der Waals surface area contributed by atoms with Crippen molar-refractivity contribution in [1.29, 1.82) is 0 Å². The van der Waals surface area contributed by atoms with Crippen LogP contribution in [0.5, 0.6) is 0 Å². The Morgan fingerprint density at radius 2 is 1.35 bits per heavy atom. The third-order valence-corrected chi connectivity index (χ3v) is 3.85. The number of nitrogens with one attached hydrogen (secondary N) is 3. The first kappa shape index (κ1) is 24.0. The van der Waals surface area contributed by atoms with Crippen LogP contribution in [0.3, 0.4) is 0 Å². The van der Waals surface area contributed by atoms with E-state index >= 15 is 0 Å². The van der Waals surface area contributed by atoms with Gasteiger partial charge in [0.05, 0.1) is 12.5 Å². The molecule has 0 aliphatic carbocycles. The molecule has 0 aromatic rings. The highest BCUT2D eigenvalue weighted by atomic mass is 32.1. The second-order valence-corrected chi connectivity index (χ2v) is 6.06. The van der Waals surface area contributed by atoms with Crippen LogP contribution in [0.4, 0.5) is 0 Å². The van der Waals surface area contributed by atoms with Crippen LogP contribution in [0, 0.1) is 0 Å². The highest BCUT2D eigenvalue weighted by Gasteiger charge is 2.28. The zero-order chi connectivity index (χ0) is 20.4. The monoisotopic (exact) mass is 409 g/mol. The SMILES string of the molecule is CC(NC(=O)C(CS)NC(=O)C(CS)NC(=O)C(N)CC(N)=O)C(=O)O. The smallest absolute Gasteiger partial charge is 0.325 e. The number of primary amides is 1. The molecule has 0 fully saturated rings. The molecule has 0 radical (unpaired) electrons. The average Bonchev–Trinajstić information content (AvgIpc) is 2.55. The molecule has 0 aromatic heterocycles. The summed E-state index contributed by atoms with van der Waals surface area (Å²) < 4.78 is 0. The van der Waals surface area contributed by atoms with E-state index in [2.05, 4.69) is 41.2 Å². The van der Waals surface area contributed by atoms with Crippen LogP contribution < -0.4 is 27.4 Å². The van der Waals surface area contributed by atoms with E-state index < -0.39 is 60.2 Å². The molecule has 26 heavy (non-hydrogen) atoms. The number of nitrogens with two attached hydrogens (primary N) is 2. The fourth-order valence-corrected chi connectivity index (χ4v) is 2.14. The van der Waals surface area contributed by atoms with E-state index in [1.807, 2.05) is 0 Å². The van der Waals surface area contributed by atoms with E-state index in [1.165, 1.54) is 6.92 Å². The van der Waals surface area contributed by atoms with Gasteiger partial charge in [0.15, 0.2) is 0 Å². The molecule has 4 atom stereocenters. The molecule has 0 aliphatic rings. The number of carboxylic acid groups (broad SMARTS) is 1. The molecular weight excluding hydrogens is 386 g/mol. The van der Waals surface area contributed by atoms with Crippen molar-refractivity contribution in [3.8, 4) is 0 Å². The molecule has 0 aliphatic heterocycles. The van der Waals surface area contributed by atoms with Gasteiger partial charge in [-0.3, -0.25) is 24.0 Å². The lowest BCUT2D eigenvalue weighted by Gasteiger charge is -2.22. The molecule has 0 heterocycles. The van der Waals surface area contributed by atoms with Gasteiger partial charge in [-0.05, 0) is 6.92 Å². The summed E-state index contributed by atoms with van der Waals surface area (Å²) in [4.78, 5) is 57.6. The van der Waals surface area contributed by atoms with Crippen molar-refractivity contribution in [1.82, 2.24) is 16.0 Å². The molecule has 0 rings (SSSR count). The maximum atomic E-state index is 12.2. The van der Waals surface area contributed by atoms with Crippen molar-refractivity contribution in [2.45, 2.75) is 37.5 Å². The molecule has 0 saturated carbocycles. The molecule has 0 bridgehead atoms. The van der Waals surface area contributed by atoms with Crippen LogP contribution in [0.15, 0.2) is 0 Å². The fourth-order valence-electron chi connectivity index (χ4n) is 1.62. The lowest BCUT2D eigenvalue weighted by atomic mass is 10.1. The fraction of sp³-hybridized carbons (Fsp3) is 0.615. The maximum Gasteiger partial charge on any atom is 0.325 e. The molecule has 0 aromatic carbocycles. The van der Waals surface area contributed by atoms with Crippen LogP contribution in [0.25, 0.3) is 0 Å². The molecular formula is C13H23N5O6S2. The molecule has 8 N–H and O–H groups in total. The molecule has 13 heteroatoms. The summed E-state index contributed by atoms with van der Waals surface area (Å²) in [5, 5.41) is 15.6. The van der Waals surface area contributed by atoms with Crippen LogP contribution in [-0.4, -0.2) is 70.4 Å². The summed E-state index contributed by atoms with van der Waals surface area (Å²) in [6.07, 6.45) is -0.401. The highest BCUT2D eigenvalue weighted by Crippen LogP contribution is 1.97.